The van der Waals surface area contributed by atoms with E-state index in [2.05, 4.69) is 19.8 Å². The van der Waals surface area contributed by atoms with E-state index in [0.717, 1.165) is 0 Å². The molecule has 0 fully saturated rings. The number of nitrogens with zero attached hydrogens (tertiary/aromatic N) is 5. The minimum atomic E-state index is -4.74. The zero-order valence-corrected chi connectivity index (χ0v) is 13.9. The fourth-order valence-electron chi connectivity index (χ4n) is 2.20. The molecular formula is C16H14F3N5O2. The second-order valence-electron chi connectivity index (χ2n) is 5.63. The maximum Gasteiger partial charge on any atom is 0.573 e. The molecule has 7 nitrogen and oxygen atoms in total. The van der Waals surface area contributed by atoms with E-state index >= 15 is 0 Å². The summed E-state index contributed by atoms with van der Waals surface area (Å²) >= 11 is 0. The van der Waals surface area contributed by atoms with Gasteiger partial charge in [-0.1, -0.05) is 0 Å². The highest BCUT2D eigenvalue weighted by molar-refractivity contribution is 5.79. The number of carbonyl (C=O) groups is 1. The predicted molar refractivity (Wildman–Crippen MR) is 86.1 cm³/mol. The summed E-state index contributed by atoms with van der Waals surface area (Å²) in [7, 11) is 3.27. The summed E-state index contributed by atoms with van der Waals surface area (Å²) in [6, 6.07) is 5.29. The summed E-state index contributed by atoms with van der Waals surface area (Å²) < 4.78 is 41.9. The van der Waals surface area contributed by atoms with Gasteiger partial charge in [0.05, 0.1) is 18.1 Å². The van der Waals surface area contributed by atoms with Crippen molar-refractivity contribution in [3.63, 3.8) is 0 Å². The molecular weight excluding hydrogens is 351 g/mol. The van der Waals surface area contributed by atoms with E-state index in [-0.39, 0.29) is 18.2 Å². The number of hydrogen-bond acceptors (Lipinski definition) is 5. The summed E-state index contributed by atoms with van der Waals surface area (Å²) in [5.74, 6) is -0.479. The molecule has 0 radical (unpaired) electrons. The summed E-state index contributed by atoms with van der Waals surface area (Å²) in [6.07, 6.45) is -1.76. The van der Waals surface area contributed by atoms with E-state index in [0.29, 0.717) is 22.4 Å². The summed E-state index contributed by atoms with van der Waals surface area (Å²) in [6.45, 7) is 0.00694. The number of benzene rings is 1. The molecule has 0 N–H and O–H groups in total. The number of ether oxygens (including phenoxy) is 1. The van der Waals surface area contributed by atoms with Gasteiger partial charge in [0.2, 0.25) is 5.91 Å². The minimum absolute atomic E-state index is 0.00694. The molecule has 0 atom stereocenters. The van der Waals surface area contributed by atoms with Crippen molar-refractivity contribution in [2.75, 3.05) is 14.1 Å². The number of halogens is 3. The van der Waals surface area contributed by atoms with Crippen molar-refractivity contribution in [2.45, 2.75) is 12.9 Å². The van der Waals surface area contributed by atoms with Gasteiger partial charge in [-0.05, 0) is 24.3 Å². The molecule has 3 aromatic rings. The second kappa shape index (κ2) is 6.62. The number of rotatable bonds is 4. The molecule has 0 aliphatic heterocycles. The molecule has 0 aliphatic rings. The molecule has 136 valence electrons. The van der Waals surface area contributed by atoms with Gasteiger partial charge in [-0.3, -0.25) is 4.79 Å². The van der Waals surface area contributed by atoms with Gasteiger partial charge in [0.15, 0.2) is 5.65 Å². The van der Waals surface area contributed by atoms with Gasteiger partial charge in [-0.25, -0.2) is 14.6 Å². The van der Waals surface area contributed by atoms with Crippen LogP contribution < -0.4 is 4.74 Å². The Hall–Kier alpha value is -3.17. The molecule has 26 heavy (non-hydrogen) atoms. The number of likely N-dealkylation sites (N-methyl/N-ethyl adjacent to an activating group) is 1. The predicted octanol–water partition coefficient (Wildman–Crippen LogP) is 2.48. The smallest absolute Gasteiger partial charge is 0.406 e. The molecule has 2 aromatic heterocycles. The Bertz CT molecular complexity index is 935. The first kappa shape index (κ1) is 17.6. The molecule has 3 rings (SSSR count). The van der Waals surface area contributed by atoms with Gasteiger partial charge in [0.25, 0.3) is 0 Å². The SMILES string of the molecule is CN(C)C(=O)Cn1ncc2ncc(-c3ccc(OC(F)(F)F)cc3)nc21. The fourth-order valence-corrected chi connectivity index (χ4v) is 2.20. The lowest BCUT2D eigenvalue weighted by Crippen LogP contribution is -2.26. The molecule has 2 heterocycles. The average molecular weight is 365 g/mol. The van der Waals surface area contributed by atoms with Gasteiger partial charge >= 0.3 is 6.36 Å². The summed E-state index contributed by atoms with van der Waals surface area (Å²) in [5.41, 5.74) is 1.92. The van der Waals surface area contributed by atoms with Crippen molar-refractivity contribution in [3.8, 4) is 17.0 Å². The maximum atomic E-state index is 12.2. The number of hydrogen-bond donors (Lipinski definition) is 0. The van der Waals surface area contributed by atoms with Crippen LogP contribution in [0.15, 0.2) is 36.7 Å². The van der Waals surface area contributed by atoms with Crippen molar-refractivity contribution in [3.05, 3.63) is 36.7 Å². The van der Waals surface area contributed by atoms with Crippen molar-refractivity contribution >= 4 is 17.1 Å². The molecule has 1 amide bonds. The third kappa shape index (κ3) is 3.90. The molecule has 0 unspecified atom stereocenters. The zero-order valence-electron chi connectivity index (χ0n) is 13.9. The van der Waals surface area contributed by atoms with E-state index in [9.17, 15) is 18.0 Å². The van der Waals surface area contributed by atoms with Crippen LogP contribution in [0.1, 0.15) is 0 Å². The van der Waals surface area contributed by atoms with Gasteiger partial charge in [0.1, 0.15) is 17.8 Å². The standard InChI is InChI=1S/C16H14F3N5O2/c1-23(2)14(25)9-24-15-13(8-21-24)20-7-12(22-15)10-3-5-11(6-4-10)26-16(17,18)19/h3-8H,9H2,1-2H3. The third-order valence-electron chi connectivity index (χ3n) is 3.51. The summed E-state index contributed by atoms with van der Waals surface area (Å²) in [4.78, 5) is 22.0. The van der Waals surface area contributed by atoms with Crippen LogP contribution in [0, 0.1) is 0 Å². The fraction of sp³-hybridized carbons (Fsp3) is 0.250. The normalized spacial score (nSPS) is 11.6. The van der Waals surface area contributed by atoms with Crippen LogP contribution in [0.5, 0.6) is 5.75 Å². The van der Waals surface area contributed by atoms with Crippen LogP contribution in [0.2, 0.25) is 0 Å². The van der Waals surface area contributed by atoms with E-state index < -0.39 is 6.36 Å². The third-order valence-corrected chi connectivity index (χ3v) is 3.51. The Morgan fingerprint density at radius 3 is 2.50 bits per heavy atom. The zero-order chi connectivity index (χ0) is 18.9. The highest BCUT2D eigenvalue weighted by Crippen LogP contribution is 2.26. The van der Waals surface area contributed by atoms with Crippen molar-refractivity contribution in [1.29, 1.82) is 0 Å². The Balaban J connectivity index is 1.90. The minimum Gasteiger partial charge on any atom is -0.406 e. The van der Waals surface area contributed by atoms with Gasteiger partial charge in [-0.15, -0.1) is 13.2 Å². The Kier molecular flexibility index (Phi) is 4.49. The van der Waals surface area contributed by atoms with Crippen molar-refractivity contribution in [1.82, 2.24) is 24.6 Å². The molecule has 0 saturated heterocycles. The lowest BCUT2D eigenvalue weighted by molar-refractivity contribution is -0.274. The van der Waals surface area contributed by atoms with Crippen LogP contribution in [-0.4, -0.2) is 51.0 Å². The Morgan fingerprint density at radius 1 is 1.19 bits per heavy atom. The number of fused-ring (bicyclic) bond motifs is 1. The lowest BCUT2D eigenvalue weighted by Gasteiger charge is -2.10. The van der Waals surface area contributed by atoms with Crippen molar-refractivity contribution in [2.24, 2.45) is 0 Å². The molecule has 0 bridgehead atoms. The van der Waals surface area contributed by atoms with Crippen LogP contribution >= 0.6 is 0 Å². The quantitative estimate of drug-likeness (QED) is 0.710. The average Bonchev–Trinajstić information content (AvgIpc) is 2.96. The Morgan fingerprint density at radius 2 is 1.88 bits per heavy atom. The molecule has 0 saturated carbocycles. The number of amides is 1. The molecule has 10 heteroatoms. The van der Waals surface area contributed by atoms with Crippen LogP contribution in [0.4, 0.5) is 13.2 Å². The van der Waals surface area contributed by atoms with Gasteiger partial charge in [0, 0.05) is 19.7 Å². The van der Waals surface area contributed by atoms with Crippen LogP contribution in [0.3, 0.4) is 0 Å². The van der Waals surface area contributed by atoms with Gasteiger partial charge in [-0.2, -0.15) is 5.10 Å². The van der Waals surface area contributed by atoms with E-state index in [1.54, 1.807) is 14.1 Å². The first-order valence-electron chi connectivity index (χ1n) is 7.48. The van der Waals surface area contributed by atoms with E-state index in [1.807, 2.05) is 0 Å². The molecule has 1 aromatic carbocycles. The van der Waals surface area contributed by atoms with Gasteiger partial charge < -0.3 is 9.64 Å². The number of aromatic nitrogens is 4. The number of carbonyl (C=O) groups excluding carboxylic acids is 1. The van der Waals surface area contributed by atoms with E-state index in [4.69, 9.17) is 0 Å². The van der Waals surface area contributed by atoms with Crippen LogP contribution in [-0.2, 0) is 11.3 Å². The van der Waals surface area contributed by atoms with E-state index in [1.165, 1.54) is 46.2 Å². The monoisotopic (exact) mass is 365 g/mol. The maximum absolute atomic E-state index is 12.2. The highest BCUT2D eigenvalue weighted by Gasteiger charge is 2.31. The largest absolute Gasteiger partial charge is 0.573 e. The van der Waals surface area contributed by atoms with Crippen LogP contribution in [0.25, 0.3) is 22.4 Å². The Labute approximate surface area is 146 Å². The first-order valence-corrected chi connectivity index (χ1v) is 7.48. The summed E-state index contributed by atoms with van der Waals surface area (Å²) in [5, 5.41) is 4.11. The lowest BCUT2D eigenvalue weighted by atomic mass is 10.1. The topological polar surface area (TPSA) is 73.1 Å². The second-order valence-corrected chi connectivity index (χ2v) is 5.63. The number of alkyl halides is 3. The highest BCUT2D eigenvalue weighted by atomic mass is 19.4. The first-order chi connectivity index (χ1) is 12.2. The van der Waals surface area contributed by atoms with Crippen molar-refractivity contribution < 1.29 is 22.7 Å². The molecule has 0 spiro atoms. The molecule has 0 aliphatic carbocycles.